The molecule has 3 rings (SSSR count). The molecule has 2 N–H and O–H groups in total. The molecule has 132 valence electrons. The molecular weight excluding hydrogens is 322 g/mol. The van der Waals surface area contributed by atoms with Crippen LogP contribution in [0.25, 0.3) is 5.82 Å². The monoisotopic (exact) mass is 343 g/mol. The lowest BCUT2D eigenvalue weighted by Gasteiger charge is -2.20. The first-order valence-corrected chi connectivity index (χ1v) is 8.36. The minimum absolute atomic E-state index is 0.174. The van der Waals surface area contributed by atoms with Gasteiger partial charge in [-0.3, -0.25) is 4.79 Å². The number of hydrogen-bond acceptors (Lipinski definition) is 5. The Balaban J connectivity index is 1.43. The first kappa shape index (κ1) is 16.9. The summed E-state index contributed by atoms with van der Waals surface area (Å²) in [7, 11) is 0. The first-order valence-electron chi connectivity index (χ1n) is 8.36. The number of amides is 3. The van der Waals surface area contributed by atoms with E-state index in [1.165, 1.54) is 11.0 Å². The van der Waals surface area contributed by atoms with Gasteiger partial charge in [0.25, 0.3) is 0 Å². The van der Waals surface area contributed by atoms with Gasteiger partial charge in [0.15, 0.2) is 5.82 Å². The molecule has 0 atom stereocenters. The van der Waals surface area contributed by atoms with Crippen molar-refractivity contribution in [3.05, 3.63) is 31.0 Å². The molecule has 2 aromatic heterocycles. The second-order valence-electron chi connectivity index (χ2n) is 5.82. The number of carbonyl (C=O) groups excluding carboxylic acids is 2. The molecule has 3 amide bonds. The number of pyridine rings is 1. The third-order valence-corrected chi connectivity index (χ3v) is 4.00. The van der Waals surface area contributed by atoms with Crippen molar-refractivity contribution in [3.63, 3.8) is 0 Å². The lowest BCUT2D eigenvalue weighted by molar-refractivity contribution is -0.130. The highest BCUT2D eigenvalue weighted by atomic mass is 16.2. The predicted octanol–water partition coefficient (Wildman–Crippen LogP) is 1.19. The third-order valence-electron chi connectivity index (χ3n) is 4.00. The average Bonchev–Trinajstić information content (AvgIpc) is 3.07. The van der Waals surface area contributed by atoms with Crippen molar-refractivity contribution in [1.29, 1.82) is 0 Å². The number of nitrogens with one attached hydrogen (secondary N) is 2. The predicted molar refractivity (Wildman–Crippen MR) is 91.2 cm³/mol. The smallest absolute Gasteiger partial charge is 0.319 e. The molecule has 0 aliphatic carbocycles. The van der Waals surface area contributed by atoms with E-state index in [0.717, 1.165) is 25.8 Å². The van der Waals surface area contributed by atoms with E-state index in [1.807, 2.05) is 4.90 Å². The Hall–Kier alpha value is -2.97. The van der Waals surface area contributed by atoms with Gasteiger partial charge >= 0.3 is 6.03 Å². The SMILES string of the molecule is O=C(NCCN1CCCCCC1=O)Nc1ccc(-n2cncn2)nc1. The molecule has 1 saturated heterocycles. The fourth-order valence-electron chi connectivity index (χ4n) is 2.68. The molecule has 0 aromatic carbocycles. The molecule has 1 aliphatic rings. The van der Waals surface area contributed by atoms with Crippen LogP contribution in [0, 0.1) is 0 Å². The van der Waals surface area contributed by atoms with Gasteiger partial charge in [-0.1, -0.05) is 6.42 Å². The summed E-state index contributed by atoms with van der Waals surface area (Å²) in [6.07, 6.45) is 8.21. The minimum atomic E-state index is -0.322. The van der Waals surface area contributed by atoms with Crippen molar-refractivity contribution >= 4 is 17.6 Å². The van der Waals surface area contributed by atoms with Gasteiger partial charge in [0, 0.05) is 26.1 Å². The highest BCUT2D eigenvalue weighted by Gasteiger charge is 2.16. The third kappa shape index (κ3) is 4.75. The van der Waals surface area contributed by atoms with E-state index >= 15 is 0 Å². The quantitative estimate of drug-likeness (QED) is 0.848. The van der Waals surface area contributed by atoms with Gasteiger partial charge in [-0.05, 0) is 25.0 Å². The van der Waals surface area contributed by atoms with Crippen LogP contribution in [-0.4, -0.2) is 56.2 Å². The molecule has 9 heteroatoms. The number of anilines is 1. The van der Waals surface area contributed by atoms with E-state index in [-0.39, 0.29) is 11.9 Å². The zero-order valence-corrected chi connectivity index (χ0v) is 13.9. The van der Waals surface area contributed by atoms with Crippen LogP contribution in [0.4, 0.5) is 10.5 Å². The molecule has 0 bridgehead atoms. The molecule has 0 radical (unpaired) electrons. The van der Waals surface area contributed by atoms with Gasteiger partial charge < -0.3 is 15.5 Å². The molecule has 0 unspecified atom stereocenters. The lowest BCUT2D eigenvalue weighted by Crippen LogP contribution is -2.39. The molecule has 0 spiro atoms. The van der Waals surface area contributed by atoms with Crippen LogP contribution in [0.1, 0.15) is 25.7 Å². The fourth-order valence-corrected chi connectivity index (χ4v) is 2.68. The van der Waals surface area contributed by atoms with Crippen LogP contribution in [0.15, 0.2) is 31.0 Å². The van der Waals surface area contributed by atoms with Crippen molar-refractivity contribution in [3.8, 4) is 5.82 Å². The van der Waals surface area contributed by atoms with Crippen LogP contribution in [0.2, 0.25) is 0 Å². The van der Waals surface area contributed by atoms with Crippen molar-refractivity contribution in [1.82, 2.24) is 30.0 Å². The van der Waals surface area contributed by atoms with E-state index in [0.29, 0.717) is 31.0 Å². The van der Waals surface area contributed by atoms with E-state index in [2.05, 4.69) is 25.7 Å². The zero-order chi connectivity index (χ0) is 17.5. The van der Waals surface area contributed by atoms with Gasteiger partial charge in [0.2, 0.25) is 5.91 Å². The molecule has 3 heterocycles. The van der Waals surface area contributed by atoms with E-state index in [9.17, 15) is 9.59 Å². The Morgan fingerprint density at radius 1 is 1.24 bits per heavy atom. The summed E-state index contributed by atoms with van der Waals surface area (Å²) in [6, 6.07) is 3.15. The summed E-state index contributed by atoms with van der Waals surface area (Å²) in [5.41, 5.74) is 0.576. The highest BCUT2D eigenvalue weighted by Crippen LogP contribution is 2.10. The Morgan fingerprint density at radius 3 is 2.92 bits per heavy atom. The highest BCUT2D eigenvalue weighted by molar-refractivity contribution is 5.89. The second-order valence-corrected chi connectivity index (χ2v) is 5.82. The van der Waals surface area contributed by atoms with Crippen LogP contribution in [0.3, 0.4) is 0 Å². The summed E-state index contributed by atoms with van der Waals surface area (Å²) < 4.78 is 1.53. The van der Waals surface area contributed by atoms with Crippen molar-refractivity contribution in [2.75, 3.05) is 25.0 Å². The largest absolute Gasteiger partial charge is 0.341 e. The summed E-state index contributed by atoms with van der Waals surface area (Å²) in [4.78, 5) is 33.7. The Labute approximate surface area is 145 Å². The van der Waals surface area contributed by atoms with Crippen LogP contribution < -0.4 is 10.6 Å². The molecule has 25 heavy (non-hydrogen) atoms. The van der Waals surface area contributed by atoms with Crippen molar-refractivity contribution in [2.24, 2.45) is 0 Å². The van der Waals surface area contributed by atoms with Gasteiger partial charge in [0.1, 0.15) is 12.7 Å². The number of urea groups is 1. The van der Waals surface area contributed by atoms with Gasteiger partial charge in [-0.25, -0.2) is 19.4 Å². The number of nitrogens with zero attached hydrogens (tertiary/aromatic N) is 5. The van der Waals surface area contributed by atoms with Crippen LogP contribution >= 0.6 is 0 Å². The summed E-state index contributed by atoms with van der Waals surface area (Å²) in [5, 5.41) is 9.46. The van der Waals surface area contributed by atoms with Gasteiger partial charge in [0.05, 0.1) is 11.9 Å². The molecular formula is C16H21N7O2. The second kappa shape index (κ2) is 8.22. The maximum absolute atomic E-state index is 11.9. The number of rotatable bonds is 5. The Bertz CT molecular complexity index is 700. The normalized spacial score (nSPS) is 14.9. The lowest BCUT2D eigenvalue weighted by atomic mass is 10.2. The first-order chi connectivity index (χ1) is 12.2. The van der Waals surface area contributed by atoms with Crippen LogP contribution in [-0.2, 0) is 4.79 Å². The van der Waals surface area contributed by atoms with Crippen molar-refractivity contribution in [2.45, 2.75) is 25.7 Å². The molecule has 1 fully saturated rings. The Kier molecular flexibility index (Phi) is 5.55. The number of hydrogen-bond donors (Lipinski definition) is 2. The number of carbonyl (C=O) groups is 2. The summed E-state index contributed by atoms with van der Waals surface area (Å²) in [6.45, 7) is 1.73. The molecule has 9 nitrogen and oxygen atoms in total. The van der Waals surface area contributed by atoms with Gasteiger partial charge in [-0.2, -0.15) is 5.10 Å². The average molecular weight is 343 g/mol. The standard InChI is InChI=1S/C16H21N7O2/c24-15-4-2-1-3-8-22(15)9-7-18-16(25)21-13-5-6-14(19-10-13)23-12-17-11-20-23/h5-6,10-12H,1-4,7-9H2,(H2,18,21,25). The fraction of sp³-hybridized carbons (Fsp3) is 0.438. The number of aromatic nitrogens is 4. The number of likely N-dealkylation sites (tertiary alicyclic amines) is 1. The summed E-state index contributed by atoms with van der Waals surface area (Å²) >= 11 is 0. The molecule has 0 saturated carbocycles. The maximum atomic E-state index is 11.9. The van der Waals surface area contributed by atoms with Crippen molar-refractivity contribution < 1.29 is 9.59 Å². The van der Waals surface area contributed by atoms with E-state index in [4.69, 9.17) is 0 Å². The molecule has 1 aliphatic heterocycles. The maximum Gasteiger partial charge on any atom is 0.319 e. The Morgan fingerprint density at radius 2 is 2.16 bits per heavy atom. The van der Waals surface area contributed by atoms with E-state index in [1.54, 1.807) is 24.7 Å². The summed E-state index contributed by atoms with van der Waals surface area (Å²) in [5.74, 6) is 0.788. The minimum Gasteiger partial charge on any atom is -0.341 e. The van der Waals surface area contributed by atoms with Crippen LogP contribution in [0.5, 0.6) is 0 Å². The zero-order valence-electron chi connectivity index (χ0n) is 13.9. The van der Waals surface area contributed by atoms with E-state index < -0.39 is 0 Å². The topological polar surface area (TPSA) is 105 Å². The molecule has 2 aromatic rings. The van der Waals surface area contributed by atoms with Gasteiger partial charge in [-0.15, -0.1) is 0 Å².